The molecule has 1 aromatic rings. The van der Waals surface area contributed by atoms with Crippen LogP contribution in [0.25, 0.3) is 0 Å². The Hall–Kier alpha value is -1.71. The number of hydrogen-bond acceptors (Lipinski definition) is 3. The second-order valence-electron chi connectivity index (χ2n) is 6.66. The van der Waals surface area contributed by atoms with Gasteiger partial charge in [-0.2, -0.15) is 0 Å². The van der Waals surface area contributed by atoms with Gasteiger partial charge in [0.05, 0.1) is 12.3 Å². The summed E-state index contributed by atoms with van der Waals surface area (Å²) in [6.07, 6.45) is 7.04. The molecular formula is C19H30N2O2. The topological polar surface area (TPSA) is 64.3 Å². The molecule has 128 valence electrons. The molecule has 23 heavy (non-hydrogen) atoms. The van der Waals surface area contributed by atoms with Crippen molar-refractivity contribution in [2.45, 2.75) is 64.8 Å². The number of hydrogen-bond donors (Lipinski definition) is 2. The summed E-state index contributed by atoms with van der Waals surface area (Å²) in [6, 6.07) is 6.17. The molecule has 0 saturated heterocycles. The first-order valence-electron chi connectivity index (χ1n) is 8.90. The van der Waals surface area contributed by atoms with Crippen molar-refractivity contribution < 1.29 is 9.53 Å². The van der Waals surface area contributed by atoms with E-state index in [1.165, 1.54) is 19.3 Å². The van der Waals surface area contributed by atoms with Crippen LogP contribution in [-0.2, 0) is 11.2 Å². The van der Waals surface area contributed by atoms with Gasteiger partial charge in [-0.15, -0.1) is 0 Å². The van der Waals surface area contributed by atoms with Gasteiger partial charge in [-0.3, -0.25) is 4.79 Å². The largest absolute Gasteiger partial charge is 0.491 e. The molecule has 0 bridgehead atoms. The fraction of sp³-hybridized carbons (Fsp3) is 0.632. The molecule has 4 heteroatoms. The average Bonchev–Trinajstić information content (AvgIpc) is 2.54. The second-order valence-corrected chi connectivity index (χ2v) is 6.66. The zero-order valence-electron chi connectivity index (χ0n) is 14.4. The first-order valence-corrected chi connectivity index (χ1v) is 8.90. The molecule has 3 N–H and O–H groups in total. The van der Waals surface area contributed by atoms with Crippen LogP contribution in [0.15, 0.2) is 18.2 Å². The predicted molar refractivity (Wildman–Crippen MR) is 94.5 cm³/mol. The van der Waals surface area contributed by atoms with Crippen LogP contribution < -0.4 is 15.8 Å². The number of ether oxygens (including phenoxy) is 1. The van der Waals surface area contributed by atoms with Gasteiger partial charge in [0, 0.05) is 12.5 Å². The maximum absolute atomic E-state index is 12.2. The zero-order chi connectivity index (χ0) is 16.7. The lowest BCUT2D eigenvalue weighted by Gasteiger charge is -2.29. The highest BCUT2D eigenvalue weighted by Gasteiger charge is 2.22. The molecule has 0 radical (unpaired) electrons. The Balaban J connectivity index is 1.80. The van der Waals surface area contributed by atoms with Gasteiger partial charge in [-0.1, -0.05) is 32.8 Å². The smallest absolute Gasteiger partial charge is 0.220 e. The van der Waals surface area contributed by atoms with E-state index in [2.05, 4.69) is 19.2 Å². The summed E-state index contributed by atoms with van der Waals surface area (Å²) in [5.74, 6) is 1.48. The van der Waals surface area contributed by atoms with E-state index in [0.29, 0.717) is 37.1 Å². The first-order chi connectivity index (χ1) is 11.1. The lowest BCUT2D eigenvalue weighted by Crippen LogP contribution is -2.41. The lowest BCUT2D eigenvalue weighted by atomic mass is 9.86. The normalized spacial score (nSPS) is 21.0. The molecule has 2 unspecified atom stereocenters. The third-order valence-corrected chi connectivity index (χ3v) is 4.63. The van der Waals surface area contributed by atoms with Crippen LogP contribution in [0.5, 0.6) is 5.75 Å². The van der Waals surface area contributed by atoms with E-state index in [4.69, 9.17) is 10.5 Å². The van der Waals surface area contributed by atoms with Gasteiger partial charge in [0.2, 0.25) is 5.91 Å². The minimum absolute atomic E-state index is 0.147. The molecule has 1 amide bonds. The maximum atomic E-state index is 12.2. The quantitative estimate of drug-likeness (QED) is 0.754. The van der Waals surface area contributed by atoms with E-state index in [1.54, 1.807) is 0 Å². The Morgan fingerprint density at radius 3 is 2.83 bits per heavy atom. The highest BCUT2D eigenvalue weighted by molar-refractivity contribution is 5.76. The van der Waals surface area contributed by atoms with E-state index in [1.807, 2.05) is 18.2 Å². The zero-order valence-corrected chi connectivity index (χ0v) is 14.4. The molecule has 1 aromatic carbocycles. The summed E-state index contributed by atoms with van der Waals surface area (Å²) in [5.41, 5.74) is 7.74. The van der Waals surface area contributed by atoms with Gasteiger partial charge in [0.1, 0.15) is 5.75 Å². The summed E-state index contributed by atoms with van der Waals surface area (Å²) in [6.45, 7) is 4.97. The molecule has 2 rings (SSSR count). The Bertz CT molecular complexity index is 516. The van der Waals surface area contributed by atoms with E-state index in [-0.39, 0.29) is 5.91 Å². The molecule has 2 atom stereocenters. The minimum atomic E-state index is 0.147. The third kappa shape index (κ3) is 5.45. The van der Waals surface area contributed by atoms with Crippen molar-refractivity contribution in [3.05, 3.63) is 23.8 Å². The summed E-state index contributed by atoms with van der Waals surface area (Å²) in [5, 5.41) is 3.20. The third-order valence-electron chi connectivity index (χ3n) is 4.63. The Kier molecular flexibility index (Phi) is 6.75. The number of rotatable bonds is 7. The highest BCUT2D eigenvalue weighted by Crippen LogP contribution is 2.25. The first kappa shape index (κ1) is 17.6. The fourth-order valence-corrected chi connectivity index (χ4v) is 3.16. The molecule has 0 heterocycles. The molecule has 1 aliphatic rings. The number of amides is 1. The highest BCUT2D eigenvalue weighted by atomic mass is 16.5. The van der Waals surface area contributed by atoms with Crippen molar-refractivity contribution in [3.63, 3.8) is 0 Å². The number of carbonyl (C=O) groups excluding carboxylic acids is 1. The van der Waals surface area contributed by atoms with Crippen molar-refractivity contribution in [1.82, 2.24) is 5.32 Å². The van der Waals surface area contributed by atoms with E-state index < -0.39 is 0 Å². The van der Waals surface area contributed by atoms with Gasteiger partial charge in [0.15, 0.2) is 0 Å². The van der Waals surface area contributed by atoms with Gasteiger partial charge in [-0.05, 0) is 49.3 Å². The molecule has 4 nitrogen and oxygen atoms in total. The number of nitrogens with two attached hydrogens (primary N) is 1. The van der Waals surface area contributed by atoms with Crippen molar-refractivity contribution in [2.75, 3.05) is 12.3 Å². The summed E-state index contributed by atoms with van der Waals surface area (Å²) < 4.78 is 5.57. The summed E-state index contributed by atoms with van der Waals surface area (Å²) >= 11 is 0. The molecule has 1 fully saturated rings. The van der Waals surface area contributed by atoms with Crippen LogP contribution in [0, 0.1) is 5.92 Å². The number of anilines is 1. The summed E-state index contributed by atoms with van der Waals surface area (Å²) in [4.78, 5) is 12.2. The number of nitrogens with one attached hydrogen (secondary N) is 1. The Morgan fingerprint density at radius 2 is 2.13 bits per heavy atom. The molecular weight excluding hydrogens is 288 g/mol. The van der Waals surface area contributed by atoms with Gasteiger partial charge in [0.25, 0.3) is 0 Å². The van der Waals surface area contributed by atoms with Crippen molar-refractivity contribution in [2.24, 2.45) is 5.92 Å². The number of carbonyl (C=O) groups is 1. The lowest BCUT2D eigenvalue weighted by molar-refractivity contribution is -0.122. The number of benzene rings is 1. The number of aryl methyl sites for hydroxylation is 1. The van der Waals surface area contributed by atoms with Crippen LogP contribution in [0.4, 0.5) is 5.69 Å². The average molecular weight is 318 g/mol. The van der Waals surface area contributed by atoms with E-state index in [9.17, 15) is 4.79 Å². The van der Waals surface area contributed by atoms with Gasteiger partial charge < -0.3 is 15.8 Å². The molecule has 0 aliphatic heterocycles. The number of nitrogen functional groups attached to an aromatic ring is 1. The fourth-order valence-electron chi connectivity index (χ4n) is 3.16. The van der Waals surface area contributed by atoms with Crippen LogP contribution in [0.1, 0.15) is 57.9 Å². The van der Waals surface area contributed by atoms with Crippen LogP contribution in [0.2, 0.25) is 0 Å². The Morgan fingerprint density at radius 1 is 1.35 bits per heavy atom. The maximum Gasteiger partial charge on any atom is 0.220 e. The SMILES string of the molecule is CCCOc1ccc(CCC(=O)NC2CCCCC2C)cc1N. The van der Waals surface area contributed by atoms with Crippen LogP contribution in [-0.4, -0.2) is 18.6 Å². The Labute approximate surface area is 139 Å². The van der Waals surface area contributed by atoms with Crippen LogP contribution >= 0.6 is 0 Å². The minimum Gasteiger partial charge on any atom is -0.491 e. The molecule has 0 aromatic heterocycles. The van der Waals surface area contributed by atoms with E-state index in [0.717, 1.165) is 24.2 Å². The standard InChI is InChI=1S/C19H30N2O2/c1-3-12-23-18-10-8-15(13-16(18)20)9-11-19(22)21-17-7-5-4-6-14(17)2/h8,10,13-14,17H,3-7,9,11-12,20H2,1-2H3,(H,21,22). The monoisotopic (exact) mass is 318 g/mol. The van der Waals surface area contributed by atoms with Crippen molar-refractivity contribution in [1.29, 1.82) is 0 Å². The molecule has 0 spiro atoms. The van der Waals surface area contributed by atoms with Crippen molar-refractivity contribution in [3.8, 4) is 5.75 Å². The van der Waals surface area contributed by atoms with Gasteiger partial charge in [-0.25, -0.2) is 0 Å². The van der Waals surface area contributed by atoms with Crippen molar-refractivity contribution >= 4 is 11.6 Å². The second kappa shape index (κ2) is 8.80. The molecule has 1 saturated carbocycles. The van der Waals surface area contributed by atoms with Gasteiger partial charge >= 0.3 is 0 Å². The molecule has 1 aliphatic carbocycles. The predicted octanol–water partition coefficient (Wildman–Crippen LogP) is 3.69. The van der Waals surface area contributed by atoms with Crippen LogP contribution in [0.3, 0.4) is 0 Å². The summed E-state index contributed by atoms with van der Waals surface area (Å²) in [7, 11) is 0. The van der Waals surface area contributed by atoms with E-state index >= 15 is 0 Å².